The number of ether oxygens (including phenoxy) is 1. The lowest BCUT2D eigenvalue weighted by Crippen LogP contribution is -2.40. The van der Waals surface area contributed by atoms with Gasteiger partial charge in [-0.15, -0.1) is 0 Å². The van der Waals surface area contributed by atoms with E-state index in [2.05, 4.69) is 10.6 Å². The van der Waals surface area contributed by atoms with Gasteiger partial charge >= 0.3 is 5.97 Å². The van der Waals surface area contributed by atoms with Crippen LogP contribution in [-0.2, 0) is 19.1 Å². The first kappa shape index (κ1) is 17.3. The molecule has 6 nitrogen and oxygen atoms in total. The van der Waals surface area contributed by atoms with Crippen LogP contribution in [0.2, 0.25) is 10.0 Å². The normalized spacial score (nSPS) is 17.6. The molecule has 0 aliphatic carbocycles. The van der Waals surface area contributed by atoms with E-state index in [1.165, 1.54) is 25.3 Å². The van der Waals surface area contributed by atoms with Crippen molar-refractivity contribution in [2.24, 2.45) is 5.92 Å². The molecule has 1 aromatic carbocycles. The van der Waals surface area contributed by atoms with Crippen molar-refractivity contribution in [2.75, 3.05) is 12.4 Å². The number of allylic oxidation sites excluding steroid dienone is 1. The van der Waals surface area contributed by atoms with Crippen LogP contribution in [0.4, 0.5) is 5.69 Å². The van der Waals surface area contributed by atoms with Crippen molar-refractivity contribution in [2.45, 2.75) is 13.3 Å². The molecule has 1 atom stereocenters. The molecule has 23 heavy (non-hydrogen) atoms. The first-order chi connectivity index (χ1) is 10.8. The van der Waals surface area contributed by atoms with Crippen LogP contribution in [-0.4, -0.2) is 24.9 Å². The minimum Gasteiger partial charge on any atom is -0.466 e. The fourth-order valence-corrected chi connectivity index (χ4v) is 2.89. The maximum atomic E-state index is 12.5. The number of amides is 2. The maximum absolute atomic E-state index is 12.5. The molecule has 0 spiro atoms. The smallest absolute Gasteiger partial charge is 0.336 e. The Hall–Kier alpha value is -2.05. The van der Waals surface area contributed by atoms with Gasteiger partial charge in [-0.25, -0.2) is 4.79 Å². The number of methoxy groups -OCH3 is 1. The standard InChI is InChI=1S/C15H14Cl2N2O4/c1-7-13(15(22)23-2)11(6-12(20)18-7)14(21)19-10-4-8(16)3-9(17)5-10/h3-5,11H,6H2,1-2H3,(H,18,20)(H,19,21). The number of rotatable bonds is 3. The maximum Gasteiger partial charge on any atom is 0.336 e. The van der Waals surface area contributed by atoms with Crippen molar-refractivity contribution in [1.82, 2.24) is 5.32 Å². The van der Waals surface area contributed by atoms with Gasteiger partial charge in [-0.2, -0.15) is 0 Å². The zero-order valence-electron chi connectivity index (χ0n) is 12.4. The van der Waals surface area contributed by atoms with E-state index in [4.69, 9.17) is 27.9 Å². The summed E-state index contributed by atoms with van der Waals surface area (Å²) in [4.78, 5) is 36.1. The quantitative estimate of drug-likeness (QED) is 0.815. The second kappa shape index (κ2) is 7.02. The summed E-state index contributed by atoms with van der Waals surface area (Å²) in [6, 6.07) is 4.56. The summed E-state index contributed by atoms with van der Waals surface area (Å²) in [7, 11) is 1.21. The van der Waals surface area contributed by atoms with E-state index in [9.17, 15) is 14.4 Å². The van der Waals surface area contributed by atoms with E-state index in [0.717, 1.165) is 0 Å². The first-order valence-corrected chi connectivity index (χ1v) is 7.43. The number of carbonyl (C=O) groups is 3. The third kappa shape index (κ3) is 4.03. The van der Waals surface area contributed by atoms with E-state index >= 15 is 0 Å². The highest BCUT2D eigenvalue weighted by Gasteiger charge is 2.36. The zero-order chi connectivity index (χ0) is 17.1. The van der Waals surface area contributed by atoms with Crippen LogP contribution in [0, 0.1) is 5.92 Å². The van der Waals surface area contributed by atoms with Gasteiger partial charge in [0.2, 0.25) is 11.8 Å². The minimum atomic E-state index is -0.950. The topological polar surface area (TPSA) is 84.5 Å². The summed E-state index contributed by atoms with van der Waals surface area (Å²) in [5.41, 5.74) is 0.801. The number of hydrogen-bond donors (Lipinski definition) is 2. The number of benzene rings is 1. The molecule has 1 unspecified atom stereocenters. The summed E-state index contributed by atoms with van der Waals surface area (Å²) in [6.07, 6.45) is -0.151. The van der Waals surface area contributed by atoms with Crippen molar-refractivity contribution < 1.29 is 19.1 Å². The van der Waals surface area contributed by atoms with E-state index in [1.807, 2.05) is 0 Å². The van der Waals surface area contributed by atoms with Gasteiger partial charge < -0.3 is 15.4 Å². The third-order valence-corrected chi connectivity index (χ3v) is 3.76. The summed E-state index contributed by atoms with van der Waals surface area (Å²) in [6.45, 7) is 1.54. The van der Waals surface area contributed by atoms with Crippen LogP contribution in [0.3, 0.4) is 0 Å². The Kier molecular flexibility index (Phi) is 5.28. The Morgan fingerprint density at radius 1 is 1.26 bits per heavy atom. The molecular formula is C15H14Cl2N2O4. The van der Waals surface area contributed by atoms with Gasteiger partial charge in [-0.3, -0.25) is 9.59 Å². The van der Waals surface area contributed by atoms with Crippen LogP contribution >= 0.6 is 23.2 Å². The Labute approximate surface area is 142 Å². The number of carbonyl (C=O) groups excluding carboxylic acids is 3. The second-order valence-electron chi connectivity index (χ2n) is 4.98. The van der Waals surface area contributed by atoms with Gasteiger partial charge in [0.1, 0.15) is 0 Å². The Morgan fingerprint density at radius 3 is 2.43 bits per heavy atom. The van der Waals surface area contributed by atoms with E-state index in [0.29, 0.717) is 21.4 Å². The fourth-order valence-electron chi connectivity index (χ4n) is 2.36. The summed E-state index contributed by atoms with van der Waals surface area (Å²) >= 11 is 11.8. The van der Waals surface area contributed by atoms with Crippen molar-refractivity contribution in [1.29, 1.82) is 0 Å². The summed E-state index contributed by atoms with van der Waals surface area (Å²) in [5, 5.41) is 5.85. The Balaban J connectivity index is 2.30. The van der Waals surface area contributed by atoms with Crippen molar-refractivity contribution >= 4 is 46.7 Å². The first-order valence-electron chi connectivity index (χ1n) is 6.67. The molecule has 1 aliphatic heterocycles. The molecule has 0 fully saturated rings. The average molecular weight is 357 g/mol. The van der Waals surface area contributed by atoms with Gasteiger partial charge in [-0.05, 0) is 25.1 Å². The lowest BCUT2D eigenvalue weighted by Gasteiger charge is -2.25. The van der Waals surface area contributed by atoms with Gasteiger partial charge in [0.05, 0.1) is 18.6 Å². The zero-order valence-corrected chi connectivity index (χ0v) is 13.9. The molecule has 1 heterocycles. The molecule has 2 N–H and O–H groups in total. The molecule has 2 rings (SSSR count). The lowest BCUT2D eigenvalue weighted by atomic mass is 9.89. The average Bonchev–Trinajstić information content (AvgIpc) is 2.44. The predicted octanol–water partition coefficient (Wildman–Crippen LogP) is 2.51. The van der Waals surface area contributed by atoms with Crippen LogP contribution in [0.15, 0.2) is 29.5 Å². The molecule has 0 saturated carbocycles. The molecule has 2 amide bonds. The van der Waals surface area contributed by atoms with Gasteiger partial charge in [0.15, 0.2) is 0 Å². The predicted molar refractivity (Wildman–Crippen MR) is 86.1 cm³/mol. The lowest BCUT2D eigenvalue weighted by molar-refractivity contribution is -0.139. The van der Waals surface area contributed by atoms with Crippen molar-refractivity contribution in [3.8, 4) is 0 Å². The highest BCUT2D eigenvalue weighted by molar-refractivity contribution is 6.35. The molecule has 1 aromatic rings. The SMILES string of the molecule is COC(=O)C1=C(C)NC(=O)CC1C(=O)Nc1cc(Cl)cc(Cl)c1. The number of esters is 1. The number of halogens is 2. The molecule has 1 aliphatic rings. The minimum absolute atomic E-state index is 0.123. The molecule has 0 aromatic heterocycles. The molecular weight excluding hydrogens is 343 g/mol. The summed E-state index contributed by atoms with van der Waals surface area (Å²) in [5.74, 6) is -2.47. The fraction of sp³-hybridized carbons (Fsp3) is 0.267. The second-order valence-corrected chi connectivity index (χ2v) is 5.86. The van der Waals surface area contributed by atoms with Crippen LogP contribution in [0.25, 0.3) is 0 Å². The highest BCUT2D eigenvalue weighted by Crippen LogP contribution is 2.27. The van der Waals surface area contributed by atoms with E-state index < -0.39 is 17.8 Å². The van der Waals surface area contributed by atoms with Gasteiger partial charge in [-0.1, -0.05) is 23.2 Å². The van der Waals surface area contributed by atoms with E-state index in [1.54, 1.807) is 6.92 Å². The Bertz CT molecular complexity index is 695. The number of anilines is 1. The van der Waals surface area contributed by atoms with Gasteiger partial charge in [0, 0.05) is 27.9 Å². The van der Waals surface area contributed by atoms with Crippen LogP contribution < -0.4 is 10.6 Å². The van der Waals surface area contributed by atoms with Crippen molar-refractivity contribution in [3.63, 3.8) is 0 Å². The molecule has 8 heteroatoms. The molecule has 0 bridgehead atoms. The molecule has 122 valence electrons. The Morgan fingerprint density at radius 2 is 1.87 bits per heavy atom. The van der Waals surface area contributed by atoms with Gasteiger partial charge in [0.25, 0.3) is 0 Å². The van der Waals surface area contributed by atoms with Crippen LogP contribution in [0.5, 0.6) is 0 Å². The third-order valence-electron chi connectivity index (χ3n) is 3.32. The monoisotopic (exact) mass is 356 g/mol. The number of nitrogens with one attached hydrogen (secondary N) is 2. The molecule has 0 saturated heterocycles. The van der Waals surface area contributed by atoms with Crippen molar-refractivity contribution in [3.05, 3.63) is 39.5 Å². The number of hydrogen-bond acceptors (Lipinski definition) is 4. The largest absolute Gasteiger partial charge is 0.466 e. The summed E-state index contributed by atoms with van der Waals surface area (Å²) < 4.78 is 4.69. The highest BCUT2D eigenvalue weighted by atomic mass is 35.5. The van der Waals surface area contributed by atoms with Crippen LogP contribution in [0.1, 0.15) is 13.3 Å². The molecule has 0 radical (unpaired) electrons. The van der Waals surface area contributed by atoms with E-state index in [-0.39, 0.29) is 17.9 Å².